The first kappa shape index (κ1) is 23.5. The molecule has 180 valence electrons. The SMILES string of the molecule is COc1ccc(-c2cc(=O)c3c(O)cc(OC4OC(C(=O)O)C(OC)C(O)C4O)cc3o2)cc1. The second kappa shape index (κ2) is 9.31. The van der Waals surface area contributed by atoms with E-state index in [2.05, 4.69) is 0 Å². The highest BCUT2D eigenvalue weighted by molar-refractivity contribution is 5.86. The molecular formula is C23H22O11. The monoisotopic (exact) mass is 474 g/mol. The molecule has 34 heavy (non-hydrogen) atoms. The number of ether oxygens (including phenoxy) is 4. The van der Waals surface area contributed by atoms with E-state index in [1.165, 1.54) is 26.4 Å². The van der Waals surface area contributed by atoms with Crippen molar-refractivity contribution in [3.8, 4) is 28.6 Å². The van der Waals surface area contributed by atoms with Crippen LogP contribution in [0.15, 0.2) is 51.7 Å². The van der Waals surface area contributed by atoms with E-state index >= 15 is 0 Å². The van der Waals surface area contributed by atoms with Crippen molar-refractivity contribution in [2.75, 3.05) is 14.2 Å². The van der Waals surface area contributed by atoms with Crippen LogP contribution in [0.4, 0.5) is 0 Å². The van der Waals surface area contributed by atoms with Crippen LogP contribution in [0.2, 0.25) is 0 Å². The van der Waals surface area contributed by atoms with Gasteiger partial charge in [0.2, 0.25) is 6.29 Å². The number of aliphatic carboxylic acids is 1. The summed E-state index contributed by atoms with van der Waals surface area (Å²) in [6.45, 7) is 0. The zero-order valence-corrected chi connectivity index (χ0v) is 18.1. The summed E-state index contributed by atoms with van der Waals surface area (Å²) in [7, 11) is 2.69. The van der Waals surface area contributed by atoms with E-state index in [1.807, 2.05) is 0 Å². The first-order valence-electron chi connectivity index (χ1n) is 10.1. The molecule has 5 unspecified atom stereocenters. The largest absolute Gasteiger partial charge is 0.507 e. The lowest BCUT2D eigenvalue weighted by molar-refractivity contribution is -0.275. The summed E-state index contributed by atoms with van der Waals surface area (Å²) in [5, 5.41) is 40.3. The molecule has 0 spiro atoms. The number of methoxy groups -OCH3 is 2. The van der Waals surface area contributed by atoms with Crippen molar-refractivity contribution in [1.29, 1.82) is 0 Å². The van der Waals surface area contributed by atoms with Crippen LogP contribution >= 0.6 is 0 Å². The summed E-state index contributed by atoms with van der Waals surface area (Å²) in [5.74, 6) is -1.16. The van der Waals surface area contributed by atoms with Gasteiger partial charge < -0.3 is 43.8 Å². The molecule has 1 aliphatic rings. The maximum absolute atomic E-state index is 12.6. The van der Waals surface area contributed by atoms with Gasteiger partial charge in [-0.1, -0.05) is 0 Å². The van der Waals surface area contributed by atoms with E-state index in [-0.39, 0.29) is 22.5 Å². The van der Waals surface area contributed by atoms with Crippen molar-refractivity contribution in [2.45, 2.75) is 30.7 Å². The predicted molar refractivity (Wildman–Crippen MR) is 116 cm³/mol. The number of hydrogen-bond donors (Lipinski definition) is 4. The topological polar surface area (TPSA) is 165 Å². The number of phenolic OH excluding ortho intramolecular Hbond substituents is 1. The molecule has 0 radical (unpaired) electrons. The minimum atomic E-state index is -1.67. The van der Waals surface area contributed by atoms with Gasteiger partial charge in [-0.05, 0) is 24.3 Å². The first-order valence-corrected chi connectivity index (χ1v) is 10.1. The highest BCUT2D eigenvalue weighted by Crippen LogP contribution is 2.33. The molecule has 1 fully saturated rings. The Morgan fingerprint density at radius 3 is 2.32 bits per heavy atom. The number of phenols is 1. The summed E-state index contributed by atoms with van der Waals surface area (Å²) >= 11 is 0. The molecule has 0 aliphatic carbocycles. The van der Waals surface area contributed by atoms with Crippen LogP contribution < -0.4 is 14.9 Å². The van der Waals surface area contributed by atoms with E-state index in [4.69, 9.17) is 23.4 Å². The number of rotatable bonds is 6. The fourth-order valence-corrected chi connectivity index (χ4v) is 3.74. The normalized spacial score (nSPS) is 24.6. The standard InChI is InChI=1S/C23H22O11/c1-30-11-5-3-10(4-6-11)15-9-14(25)17-13(24)7-12(8-16(17)33-15)32-23-19(27)18(26)20(31-2)21(34-23)22(28)29/h3-9,18-21,23-24,26-27H,1-2H3,(H,28,29). The van der Waals surface area contributed by atoms with Crippen molar-refractivity contribution in [1.82, 2.24) is 0 Å². The summed E-state index contributed by atoms with van der Waals surface area (Å²) in [6, 6.07) is 10.4. The Balaban J connectivity index is 1.69. The van der Waals surface area contributed by atoms with Gasteiger partial charge in [0.1, 0.15) is 52.3 Å². The third-order valence-electron chi connectivity index (χ3n) is 5.47. The van der Waals surface area contributed by atoms with Gasteiger partial charge in [0.15, 0.2) is 11.5 Å². The lowest BCUT2D eigenvalue weighted by atomic mass is 9.98. The Hall–Kier alpha value is -3.64. The maximum atomic E-state index is 12.6. The van der Waals surface area contributed by atoms with Gasteiger partial charge in [0.25, 0.3) is 0 Å². The van der Waals surface area contributed by atoms with Gasteiger partial charge >= 0.3 is 5.97 Å². The molecule has 1 aliphatic heterocycles. The zero-order valence-electron chi connectivity index (χ0n) is 18.1. The molecule has 11 nitrogen and oxygen atoms in total. The second-order valence-electron chi connectivity index (χ2n) is 7.58. The van der Waals surface area contributed by atoms with Crippen LogP contribution in [0.1, 0.15) is 0 Å². The van der Waals surface area contributed by atoms with Crippen LogP contribution in [0.5, 0.6) is 17.2 Å². The molecule has 5 atom stereocenters. The van der Waals surface area contributed by atoms with Crippen LogP contribution in [-0.2, 0) is 14.3 Å². The average Bonchev–Trinajstić information content (AvgIpc) is 2.81. The molecule has 0 saturated carbocycles. The molecule has 11 heteroatoms. The second-order valence-corrected chi connectivity index (χ2v) is 7.58. The predicted octanol–water partition coefficient (Wildman–Crippen LogP) is 1.10. The third kappa shape index (κ3) is 4.29. The van der Waals surface area contributed by atoms with Gasteiger partial charge in [-0.15, -0.1) is 0 Å². The van der Waals surface area contributed by atoms with Crippen molar-refractivity contribution < 1.29 is 48.6 Å². The summed E-state index contributed by atoms with van der Waals surface area (Å²) in [5.41, 5.74) is 0.0489. The number of carbonyl (C=O) groups is 1. The summed E-state index contributed by atoms with van der Waals surface area (Å²) in [6.07, 6.45) is -7.87. The third-order valence-corrected chi connectivity index (χ3v) is 5.47. The Labute approximate surface area is 192 Å². The zero-order chi connectivity index (χ0) is 24.6. The minimum absolute atomic E-state index is 0.0243. The van der Waals surface area contributed by atoms with Gasteiger partial charge in [0.05, 0.1) is 7.11 Å². The van der Waals surface area contributed by atoms with E-state index < -0.39 is 47.9 Å². The van der Waals surface area contributed by atoms with Crippen molar-refractivity contribution in [3.63, 3.8) is 0 Å². The molecule has 2 aromatic carbocycles. The smallest absolute Gasteiger partial charge is 0.335 e. The Kier molecular flexibility index (Phi) is 6.44. The fourth-order valence-electron chi connectivity index (χ4n) is 3.74. The van der Waals surface area contributed by atoms with Crippen LogP contribution in [0.25, 0.3) is 22.3 Å². The van der Waals surface area contributed by atoms with Gasteiger partial charge in [-0.3, -0.25) is 4.79 Å². The molecule has 1 aromatic heterocycles. The average molecular weight is 474 g/mol. The number of aliphatic hydroxyl groups excluding tert-OH is 2. The molecular weight excluding hydrogens is 452 g/mol. The first-order chi connectivity index (χ1) is 16.2. The number of hydrogen-bond acceptors (Lipinski definition) is 10. The van der Waals surface area contributed by atoms with Gasteiger partial charge in [-0.2, -0.15) is 0 Å². The molecule has 4 N–H and O–H groups in total. The quantitative estimate of drug-likeness (QED) is 0.404. The number of benzene rings is 2. The minimum Gasteiger partial charge on any atom is -0.507 e. The highest BCUT2D eigenvalue weighted by Gasteiger charge is 2.49. The number of fused-ring (bicyclic) bond motifs is 1. The number of aromatic hydroxyl groups is 1. The lowest BCUT2D eigenvalue weighted by Gasteiger charge is -2.39. The maximum Gasteiger partial charge on any atom is 0.335 e. The molecule has 1 saturated heterocycles. The molecule has 0 amide bonds. The van der Waals surface area contributed by atoms with E-state index in [0.717, 1.165) is 6.07 Å². The number of carboxylic acid groups (broad SMARTS) is 1. The van der Waals surface area contributed by atoms with Crippen LogP contribution in [-0.4, -0.2) is 71.3 Å². The summed E-state index contributed by atoms with van der Waals surface area (Å²) < 4.78 is 26.7. The Morgan fingerprint density at radius 2 is 1.71 bits per heavy atom. The fraction of sp³-hybridized carbons (Fsp3) is 0.304. The van der Waals surface area contributed by atoms with Crippen LogP contribution in [0.3, 0.4) is 0 Å². The van der Waals surface area contributed by atoms with Crippen LogP contribution in [0, 0.1) is 0 Å². The Morgan fingerprint density at radius 1 is 1.00 bits per heavy atom. The van der Waals surface area contributed by atoms with Gasteiger partial charge in [-0.25, -0.2) is 4.79 Å². The lowest BCUT2D eigenvalue weighted by Crippen LogP contribution is -2.61. The van der Waals surface area contributed by atoms with E-state index in [1.54, 1.807) is 24.3 Å². The Bertz CT molecular complexity index is 1250. The summed E-state index contributed by atoms with van der Waals surface area (Å²) in [4.78, 5) is 24.1. The van der Waals surface area contributed by atoms with Crippen molar-refractivity contribution in [2.24, 2.45) is 0 Å². The molecule has 4 rings (SSSR count). The van der Waals surface area contributed by atoms with E-state index in [0.29, 0.717) is 11.3 Å². The molecule has 2 heterocycles. The van der Waals surface area contributed by atoms with Crippen molar-refractivity contribution in [3.05, 3.63) is 52.7 Å². The highest BCUT2D eigenvalue weighted by atomic mass is 16.7. The van der Waals surface area contributed by atoms with E-state index in [9.17, 15) is 30.0 Å². The number of aliphatic hydroxyl groups is 2. The van der Waals surface area contributed by atoms with Crippen molar-refractivity contribution >= 4 is 16.9 Å². The molecule has 3 aromatic rings. The number of carboxylic acids is 1. The molecule has 0 bridgehead atoms. The van der Waals surface area contributed by atoms with Gasteiger partial charge in [0, 0.05) is 30.9 Å².